The Kier molecular flexibility index (Phi) is 3.54. The fourth-order valence-electron chi connectivity index (χ4n) is 1.82. The highest BCUT2D eigenvalue weighted by Crippen LogP contribution is 2.11. The van der Waals surface area contributed by atoms with Gasteiger partial charge in [0, 0.05) is 6.54 Å². The molecule has 1 aliphatic heterocycles. The van der Waals surface area contributed by atoms with Crippen LogP contribution in [0.3, 0.4) is 0 Å². The highest BCUT2D eigenvalue weighted by Gasteiger charge is 2.30. The van der Waals surface area contributed by atoms with Crippen LogP contribution in [0.1, 0.15) is 12.6 Å². The fraction of sp³-hybridized carbons (Fsp3) is 0.364. The van der Waals surface area contributed by atoms with Crippen LogP contribution in [0.2, 0.25) is 0 Å². The van der Waals surface area contributed by atoms with Crippen LogP contribution in [0.25, 0.3) is 0 Å². The van der Waals surface area contributed by atoms with Crippen molar-refractivity contribution in [3.05, 3.63) is 23.9 Å². The van der Waals surface area contributed by atoms with E-state index in [0.717, 1.165) is 5.69 Å². The molecule has 4 N–H and O–H groups in total. The number of piperazine rings is 1. The van der Waals surface area contributed by atoms with Crippen molar-refractivity contribution < 1.29 is 9.59 Å². The van der Waals surface area contributed by atoms with Gasteiger partial charge in [-0.25, -0.2) is 10.8 Å². The smallest absolute Gasteiger partial charge is 0.243 e. The summed E-state index contributed by atoms with van der Waals surface area (Å²) in [5, 5.41) is 2.30. The molecule has 1 saturated heterocycles. The van der Waals surface area contributed by atoms with Gasteiger partial charge in [0.25, 0.3) is 0 Å². The number of pyridine rings is 1. The Morgan fingerprint density at radius 1 is 1.56 bits per heavy atom. The molecule has 0 saturated carbocycles. The van der Waals surface area contributed by atoms with Crippen molar-refractivity contribution in [2.75, 3.05) is 12.0 Å². The first-order valence-electron chi connectivity index (χ1n) is 5.60. The topological polar surface area (TPSA) is 100 Å². The lowest BCUT2D eigenvalue weighted by atomic mass is 10.2. The monoisotopic (exact) mass is 249 g/mol. The van der Waals surface area contributed by atoms with Crippen LogP contribution < -0.4 is 16.6 Å². The van der Waals surface area contributed by atoms with E-state index in [1.54, 1.807) is 17.9 Å². The van der Waals surface area contributed by atoms with Crippen molar-refractivity contribution >= 4 is 17.6 Å². The summed E-state index contributed by atoms with van der Waals surface area (Å²) >= 11 is 0. The van der Waals surface area contributed by atoms with Crippen LogP contribution >= 0.6 is 0 Å². The Labute approximate surface area is 104 Å². The lowest BCUT2D eigenvalue weighted by molar-refractivity contribution is -0.139. The Hall–Kier alpha value is -1.99. The lowest BCUT2D eigenvalue weighted by Crippen LogP contribution is -2.56. The van der Waals surface area contributed by atoms with Gasteiger partial charge in [-0.1, -0.05) is 6.07 Å². The molecule has 1 unspecified atom stereocenters. The molecular formula is C11H15N5O2. The molecule has 1 aliphatic rings. The zero-order chi connectivity index (χ0) is 13.1. The number of nitrogens with zero attached hydrogens (tertiary/aromatic N) is 2. The van der Waals surface area contributed by atoms with Crippen molar-refractivity contribution in [2.24, 2.45) is 5.84 Å². The third-order valence-electron chi connectivity index (χ3n) is 2.86. The Morgan fingerprint density at radius 2 is 2.33 bits per heavy atom. The minimum atomic E-state index is -0.348. The Balaban J connectivity index is 2.11. The van der Waals surface area contributed by atoms with E-state index in [9.17, 15) is 9.59 Å². The van der Waals surface area contributed by atoms with E-state index in [4.69, 9.17) is 5.84 Å². The molecule has 1 aromatic rings. The third-order valence-corrected chi connectivity index (χ3v) is 2.86. The highest BCUT2D eigenvalue weighted by molar-refractivity contribution is 6.00. The van der Waals surface area contributed by atoms with E-state index in [-0.39, 0.29) is 24.4 Å². The fourth-order valence-corrected chi connectivity index (χ4v) is 1.82. The van der Waals surface area contributed by atoms with Crippen LogP contribution in [0.15, 0.2) is 18.2 Å². The number of anilines is 1. The normalized spacial score (nSPS) is 20.7. The number of aromatic nitrogens is 1. The number of carbonyl (C=O) groups is 2. The van der Waals surface area contributed by atoms with Crippen LogP contribution in [-0.4, -0.2) is 34.3 Å². The number of hydrogen-bond acceptors (Lipinski definition) is 6. The summed E-state index contributed by atoms with van der Waals surface area (Å²) in [6, 6.07) is 5.03. The molecule has 1 atom stereocenters. The summed E-state index contributed by atoms with van der Waals surface area (Å²) in [5.74, 6) is 5.26. The van der Waals surface area contributed by atoms with Crippen molar-refractivity contribution in [3.63, 3.8) is 0 Å². The molecule has 2 heterocycles. The Morgan fingerprint density at radius 3 is 3.06 bits per heavy atom. The second-order valence-corrected chi connectivity index (χ2v) is 4.15. The zero-order valence-electron chi connectivity index (χ0n) is 10.0. The molecule has 1 aromatic heterocycles. The number of nitrogens with one attached hydrogen (secondary N) is 2. The number of hydrogen-bond donors (Lipinski definition) is 3. The number of amides is 2. The quantitative estimate of drug-likeness (QED) is 0.369. The van der Waals surface area contributed by atoms with Gasteiger partial charge in [-0.15, -0.1) is 0 Å². The second kappa shape index (κ2) is 5.11. The minimum Gasteiger partial charge on any atom is -0.308 e. The SMILES string of the molecule is CC1C(=O)NC(=O)CN1Cc1cccc(NN)n1. The van der Waals surface area contributed by atoms with Gasteiger partial charge in [0.1, 0.15) is 5.82 Å². The van der Waals surface area contributed by atoms with Crippen molar-refractivity contribution in [3.8, 4) is 0 Å². The van der Waals surface area contributed by atoms with Gasteiger partial charge in [0.2, 0.25) is 11.8 Å². The van der Waals surface area contributed by atoms with Crippen molar-refractivity contribution in [1.82, 2.24) is 15.2 Å². The number of rotatable bonds is 3. The van der Waals surface area contributed by atoms with Gasteiger partial charge in [-0.2, -0.15) is 0 Å². The largest absolute Gasteiger partial charge is 0.308 e. The molecule has 0 aromatic carbocycles. The third kappa shape index (κ3) is 2.63. The molecule has 96 valence electrons. The standard InChI is InChI=1S/C11H15N5O2/c1-7-11(18)14-10(17)6-16(7)5-8-3-2-4-9(13-8)15-12/h2-4,7H,5-6,12H2,1H3,(H,13,15)(H,14,17,18). The molecular weight excluding hydrogens is 234 g/mol. The van der Waals surface area contributed by atoms with Crippen molar-refractivity contribution in [1.29, 1.82) is 0 Å². The minimum absolute atomic E-state index is 0.189. The first-order valence-corrected chi connectivity index (χ1v) is 5.60. The molecule has 18 heavy (non-hydrogen) atoms. The van der Waals surface area contributed by atoms with E-state index in [2.05, 4.69) is 15.7 Å². The summed E-state index contributed by atoms with van der Waals surface area (Å²) in [5.41, 5.74) is 3.21. The summed E-state index contributed by atoms with van der Waals surface area (Å²) in [4.78, 5) is 28.8. The number of imide groups is 1. The van der Waals surface area contributed by atoms with E-state index in [0.29, 0.717) is 12.4 Å². The average molecular weight is 249 g/mol. The molecule has 1 fully saturated rings. The summed E-state index contributed by atoms with van der Waals surface area (Å²) in [7, 11) is 0. The molecule has 0 bridgehead atoms. The van der Waals surface area contributed by atoms with E-state index < -0.39 is 0 Å². The van der Waals surface area contributed by atoms with Crippen LogP contribution in [0.5, 0.6) is 0 Å². The molecule has 7 heteroatoms. The first-order chi connectivity index (χ1) is 8.60. The van der Waals surface area contributed by atoms with Gasteiger partial charge in [-0.3, -0.25) is 19.8 Å². The van der Waals surface area contributed by atoms with Crippen LogP contribution in [0.4, 0.5) is 5.82 Å². The zero-order valence-corrected chi connectivity index (χ0v) is 10.0. The van der Waals surface area contributed by atoms with Gasteiger partial charge >= 0.3 is 0 Å². The first kappa shape index (κ1) is 12.5. The van der Waals surface area contributed by atoms with Gasteiger partial charge < -0.3 is 5.43 Å². The number of nitrogens with two attached hydrogens (primary N) is 1. The van der Waals surface area contributed by atoms with Gasteiger partial charge in [0.05, 0.1) is 18.3 Å². The number of hydrazine groups is 1. The summed E-state index contributed by atoms with van der Waals surface area (Å²) in [6.07, 6.45) is 0. The van der Waals surface area contributed by atoms with E-state index in [1.807, 2.05) is 12.1 Å². The van der Waals surface area contributed by atoms with Crippen LogP contribution in [-0.2, 0) is 16.1 Å². The number of nitrogen functional groups attached to an aromatic ring is 1. The van der Waals surface area contributed by atoms with E-state index in [1.165, 1.54) is 0 Å². The molecule has 0 aliphatic carbocycles. The molecule has 0 radical (unpaired) electrons. The van der Waals surface area contributed by atoms with Gasteiger partial charge in [0.15, 0.2) is 0 Å². The molecule has 2 rings (SSSR count). The van der Waals surface area contributed by atoms with E-state index >= 15 is 0 Å². The summed E-state index contributed by atoms with van der Waals surface area (Å²) in [6.45, 7) is 2.37. The second-order valence-electron chi connectivity index (χ2n) is 4.15. The molecule has 0 spiro atoms. The predicted molar refractivity (Wildman–Crippen MR) is 65.1 cm³/mol. The maximum atomic E-state index is 11.5. The van der Waals surface area contributed by atoms with Crippen molar-refractivity contribution in [2.45, 2.75) is 19.5 Å². The maximum Gasteiger partial charge on any atom is 0.243 e. The van der Waals surface area contributed by atoms with Crippen LogP contribution in [0, 0.1) is 0 Å². The average Bonchev–Trinajstić information content (AvgIpc) is 2.35. The highest BCUT2D eigenvalue weighted by atomic mass is 16.2. The Bertz CT molecular complexity index is 476. The maximum absolute atomic E-state index is 11.5. The molecule has 7 nitrogen and oxygen atoms in total. The summed E-state index contributed by atoms with van der Waals surface area (Å²) < 4.78 is 0. The lowest BCUT2D eigenvalue weighted by Gasteiger charge is -2.31. The molecule has 2 amide bonds. The predicted octanol–water partition coefficient (Wildman–Crippen LogP) is -0.786. The number of carbonyl (C=O) groups excluding carboxylic acids is 2. The van der Waals surface area contributed by atoms with Gasteiger partial charge in [-0.05, 0) is 19.1 Å².